The lowest BCUT2D eigenvalue weighted by Crippen LogP contribution is -2.27. The Kier molecular flexibility index (Phi) is 4.48. The van der Waals surface area contributed by atoms with Gasteiger partial charge in [0.05, 0.1) is 0 Å². The molecule has 0 saturated heterocycles. The number of halogens is 1. The monoisotopic (exact) mass is 349 g/mol. The number of benzene rings is 3. The van der Waals surface area contributed by atoms with Crippen LogP contribution in [0.3, 0.4) is 0 Å². The minimum Gasteiger partial charge on any atom is -0.488 e. The van der Waals surface area contributed by atoms with E-state index in [-0.39, 0.29) is 6.10 Å². The van der Waals surface area contributed by atoms with Gasteiger partial charge >= 0.3 is 0 Å². The van der Waals surface area contributed by atoms with Gasteiger partial charge in [-0.05, 0) is 41.9 Å². The van der Waals surface area contributed by atoms with Crippen LogP contribution < -0.4 is 10.1 Å². The molecule has 25 heavy (non-hydrogen) atoms. The maximum Gasteiger partial charge on any atom is 0.131 e. The Morgan fingerprint density at radius 3 is 2.48 bits per heavy atom. The van der Waals surface area contributed by atoms with E-state index in [2.05, 4.69) is 47.8 Å². The fourth-order valence-electron chi connectivity index (χ4n) is 3.45. The van der Waals surface area contributed by atoms with E-state index < -0.39 is 0 Å². The standard InChI is InChI=1S/C22H20ClNO/c1-24-14-18-12-17-11-16(15-7-3-2-4-8-15)13-20(22(17)25-18)19-9-5-6-10-21(19)23/h2-11,13,18,24H,12,14H2,1H3. The zero-order valence-electron chi connectivity index (χ0n) is 14.1. The summed E-state index contributed by atoms with van der Waals surface area (Å²) in [5.41, 5.74) is 5.74. The molecule has 0 bridgehead atoms. The molecule has 0 radical (unpaired) electrons. The van der Waals surface area contributed by atoms with Crippen LogP contribution in [0.1, 0.15) is 5.56 Å². The topological polar surface area (TPSA) is 21.3 Å². The van der Waals surface area contributed by atoms with E-state index in [0.717, 1.165) is 34.9 Å². The van der Waals surface area contributed by atoms with Crippen LogP contribution in [0.25, 0.3) is 22.3 Å². The van der Waals surface area contributed by atoms with E-state index in [4.69, 9.17) is 16.3 Å². The summed E-state index contributed by atoms with van der Waals surface area (Å²) in [6, 6.07) is 22.9. The van der Waals surface area contributed by atoms with Crippen LogP contribution in [0, 0.1) is 0 Å². The molecule has 0 aromatic heterocycles. The van der Waals surface area contributed by atoms with Crippen molar-refractivity contribution in [1.82, 2.24) is 5.32 Å². The van der Waals surface area contributed by atoms with Gasteiger partial charge in [0.15, 0.2) is 0 Å². The molecule has 3 aromatic carbocycles. The van der Waals surface area contributed by atoms with Gasteiger partial charge in [0.1, 0.15) is 11.9 Å². The molecular weight excluding hydrogens is 330 g/mol. The molecule has 0 saturated carbocycles. The van der Waals surface area contributed by atoms with E-state index >= 15 is 0 Å². The molecule has 126 valence electrons. The van der Waals surface area contributed by atoms with Gasteiger partial charge in [0, 0.05) is 29.1 Å². The van der Waals surface area contributed by atoms with Gasteiger partial charge < -0.3 is 10.1 Å². The van der Waals surface area contributed by atoms with Crippen molar-refractivity contribution in [1.29, 1.82) is 0 Å². The Balaban J connectivity index is 1.88. The molecule has 1 aliphatic rings. The van der Waals surface area contributed by atoms with Crippen molar-refractivity contribution < 1.29 is 4.74 Å². The predicted molar refractivity (Wildman–Crippen MR) is 104 cm³/mol. The highest BCUT2D eigenvalue weighted by Crippen LogP contribution is 2.44. The van der Waals surface area contributed by atoms with Crippen molar-refractivity contribution in [2.24, 2.45) is 0 Å². The molecule has 1 atom stereocenters. The smallest absolute Gasteiger partial charge is 0.131 e. The van der Waals surface area contributed by atoms with Gasteiger partial charge in [-0.2, -0.15) is 0 Å². The zero-order chi connectivity index (χ0) is 17.2. The second-order valence-corrected chi connectivity index (χ2v) is 6.77. The lowest BCUT2D eigenvalue weighted by atomic mass is 9.94. The highest BCUT2D eigenvalue weighted by atomic mass is 35.5. The van der Waals surface area contributed by atoms with Crippen molar-refractivity contribution >= 4 is 11.6 Å². The number of fused-ring (bicyclic) bond motifs is 1. The van der Waals surface area contributed by atoms with Crippen LogP contribution in [0.5, 0.6) is 5.75 Å². The quantitative estimate of drug-likeness (QED) is 0.699. The van der Waals surface area contributed by atoms with Crippen LogP contribution in [0.15, 0.2) is 66.7 Å². The van der Waals surface area contributed by atoms with Crippen LogP contribution in [-0.4, -0.2) is 19.7 Å². The van der Waals surface area contributed by atoms with E-state index in [9.17, 15) is 0 Å². The molecule has 0 amide bonds. The number of hydrogen-bond acceptors (Lipinski definition) is 2. The SMILES string of the molecule is CNCC1Cc2cc(-c3ccccc3)cc(-c3ccccc3Cl)c2O1. The summed E-state index contributed by atoms with van der Waals surface area (Å²) in [6.07, 6.45) is 1.07. The fraction of sp³-hybridized carbons (Fsp3) is 0.182. The summed E-state index contributed by atoms with van der Waals surface area (Å²) in [5.74, 6) is 0.966. The molecule has 1 heterocycles. The van der Waals surface area contributed by atoms with Crippen molar-refractivity contribution in [3.05, 3.63) is 77.3 Å². The van der Waals surface area contributed by atoms with Crippen LogP contribution >= 0.6 is 11.6 Å². The second kappa shape index (κ2) is 6.91. The van der Waals surface area contributed by atoms with E-state index in [1.165, 1.54) is 16.7 Å². The van der Waals surface area contributed by atoms with E-state index in [0.29, 0.717) is 0 Å². The minimum absolute atomic E-state index is 0.160. The molecule has 0 fully saturated rings. The number of hydrogen-bond donors (Lipinski definition) is 1. The van der Waals surface area contributed by atoms with Crippen LogP contribution in [0.2, 0.25) is 5.02 Å². The molecule has 0 spiro atoms. The molecule has 1 unspecified atom stereocenters. The molecular formula is C22H20ClNO. The summed E-state index contributed by atoms with van der Waals surface area (Å²) in [4.78, 5) is 0. The Labute approximate surface area is 153 Å². The predicted octanol–water partition coefficient (Wildman–Crippen LogP) is 5.20. The molecule has 1 aliphatic heterocycles. The second-order valence-electron chi connectivity index (χ2n) is 6.36. The average Bonchev–Trinajstić information content (AvgIpc) is 3.05. The number of likely N-dealkylation sites (N-methyl/N-ethyl adjacent to an activating group) is 1. The third kappa shape index (κ3) is 3.15. The normalized spacial score (nSPS) is 15.7. The van der Waals surface area contributed by atoms with Crippen molar-refractivity contribution in [3.8, 4) is 28.0 Å². The van der Waals surface area contributed by atoms with Gasteiger partial charge in [-0.3, -0.25) is 0 Å². The van der Waals surface area contributed by atoms with Crippen molar-refractivity contribution in [3.63, 3.8) is 0 Å². The molecule has 4 rings (SSSR count). The Morgan fingerprint density at radius 1 is 0.960 bits per heavy atom. The minimum atomic E-state index is 0.160. The van der Waals surface area contributed by atoms with Gasteiger partial charge in [-0.15, -0.1) is 0 Å². The molecule has 2 nitrogen and oxygen atoms in total. The Hall–Kier alpha value is -2.29. The number of ether oxygens (including phenoxy) is 1. The first kappa shape index (κ1) is 16.2. The van der Waals surface area contributed by atoms with Crippen LogP contribution in [-0.2, 0) is 6.42 Å². The Bertz CT molecular complexity index is 892. The third-order valence-corrected chi connectivity index (χ3v) is 4.93. The molecule has 1 N–H and O–H groups in total. The van der Waals surface area contributed by atoms with Gasteiger partial charge in [0.25, 0.3) is 0 Å². The number of nitrogens with one attached hydrogen (secondary N) is 1. The van der Waals surface area contributed by atoms with Gasteiger partial charge in [-0.25, -0.2) is 0 Å². The molecule has 3 heteroatoms. The summed E-state index contributed by atoms with van der Waals surface area (Å²) >= 11 is 6.49. The van der Waals surface area contributed by atoms with Gasteiger partial charge in [0.2, 0.25) is 0 Å². The van der Waals surface area contributed by atoms with Gasteiger partial charge in [-0.1, -0.05) is 60.1 Å². The molecule has 3 aromatic rings. The first-order valence-electron chi connectivity index (χ1n) is 8.55. The largest absolute Gasteiger partial charge is 0.488 e. The lowest BCUT2D eigenvalue weighted by molar-refractivity contribution is 0.232. The average molecular weight is 350 g/mol. The van der Waals surface area contributed by atoms with Crippen molar-refractivity contribution in [2.45, 2.75) is 12.5 Å². The highest BCUT2D eigenvalue weighted by molar-refractivity contribution is 6.33. The summed E-state index contributed by atoms with van der Waals surface area (Å²) in [7, 11) is 1.96. The third-order valence-electron chi connectivity index (χ3n) is 4.60. The highest BCUT2D eigenvalue weighted by Gasteiger charge is 2.27. The summed E-state index contributed by atoms with van der Waals surface area (Å²) < 4.78 is 6.26. The fourth-order valence-corrected chi connectivity index (χ4v) is 3.69. The van der Waals surface area contributed by atoms with Crippen LogP contribution in [0.4, 0.5) is 0 Å². The maximum atomic E-state index is 6.49. The first-order chi connectivity index (χ1) is 12.3. The Morgan fingerprint density at radius 2 is 1.72 bits per heavy atom. The zero-order valence-corrected chi connectivity index (χ0v) is 14.9. The summed E-state index contributed by atoms with van der Waals surface area (Å²) in [6.45, 7) is 0.831. The van der Waals surface area contributed by atoms with E-state index in [1.807, 2.05) is 31.3 Å². The first-order valence-corrected chi connectivity index (χ1v) is 8.92. The lowest BCUT2D eigenvalue weighted by Gasteiger charge is -2.14. The number of rotatable bonds is 4. The van der Waals surface area contributed by atoms with Crippen molar-refractivity contribution in [2.75, 3.05) is 13.6 Å². The maximum absolute atomic E-state index is 6.49. The summed E-state index contributed by atoms with van der Waals surface area (Å²) in [5, 5.41) is 3.96. The molecule has 0 aliphatic carbocycles. The van der Waals surface area contributed by atoms with E-state index in [1.54, 1.807) is 0 Å².